The Morgan fingerprint density at radius 3 is 2.71 bits per heavy atom. The van der Waals surface area contributed by atoms with Gasteiger partial charge in [-0.2, -0.15) is 0 Å². The number of carbonyl (C=O) groups is 1. The van der Waals surface area contributed by atoms with E-state index in [1.165, 1.54) is 6.07 Å². The molecule has 0 fully saturated rings. The van der Waals surface area contributed by atoms with Crippen molar-refractivity contribution in [3.63, 3.8) is 0 Å². The lowest BCUT2D eigenvalue weighted by Gasteiger charge is -2.19. The Balaban J connectivity index is 2.07. The van der Waals surface area contributed by atoms with Gasteiger partial charge in [0, 0.05) is 24.6 Å². The van der Waals surface area contributed by atoms with Gasteiger partial charge in [-0.25, -0.2) is 14.4 Å². The SMILES string of the molecule is C[C@H](CC(=N)C(=O)Nc1cc(Oc2ccc([N+](=O)[O-])cc2F)ncn1)N(C)C. The predicted octanol–water partition coefficient (Wildman–Crippen LogP) is 2.61. The Bertz CT molecular complexity index is 905. The number of hydrogen-bond acceptors (Lipinski definition) is 8. The fourth-order valence-corrected chi connectivity index (χ4v) is 2.02. The molecule has 0 unspecified atom stereocenters. The monoisotopic (exact) mass is 390 g/mol. The Morgan fingerprint density at radius 2 is 2.11 bits per heavy atom. The third-order valence-corrected chi connectivity index (χ3v) is 3.88. The molecule has 28 heavy (non-hydrogen) atoms. The number of benzene rings is 1. The lowest BCUT2D eigenvalue weighted by molar-refractivity contribution is -0.385. The van der Waals surface area contributed by atoms with Crippen molar-refractivity contribution in [1.82, 2.24) is 14.9 Å². The second-order valence-corrected chi connectivity index (χ2v) is 6.16. The van der Waals surface area contributed by atoms with E-state index in [1.807, 2.05) is 25.9 Å². The van der Waals surface area contributed by atoms with Gasteiger partial charge in [0.2, 0.25) is 5.88 Å². The second kappa shape index (κ2) is 8.95. The van der Waals surface area contributed by atoms with Crippen molar-refractivity contribution in [2.24, 2.45) is 0 Å². The van der Waals surface area contributed by atoms with Crippen LogP contribution in [0.2, 0.25) is 0 Å². The average molecular weight is 390 g/mol. The van der Waals surface area contributed by atoms with E-state index in [0.29, 0.717) is 0 Å². The molecule has 1 aromatic carbocycles. The zero-order chi connectivity index (χ0) is 20.8. The first-order chi connectivity index (χ1) is 13.2. The van der Waals surface area contributed by atoms with Crippen molar-refractivity contribution in [2.45, 2.75) is 19.4 Å². The lowest BCUT2D eigenvalue weighted by atomic mass is 10.1. The van der Waals surface area contributed by atoms with Gasteiger partial charge < -0.3 is 15.0 Å². The number of hydrogen-bond donors (Lipinski definition) is 2. The Kier molecular flexibility index (Phi) is 6.66. The van der Waals surface area contributed by atoms with Crippen LogP contribution in [0.1, 0.15) is 13.3 Å². The fraction of sp³-hybridized carbons (Fsp3) is 0.294. The third kappa shape index (κ3) is 5.51. The van der Waals surface area contributed by atoms with Gasteiger partial charge in [0.15, 0.2) is 11.6 Å². The van der Waals surface area contributed by atoms with Gasteiger partial charge in [-0.15, -0.1) is 0 Å². The number of nitro groups is 1. The number of non-ortho nitro benzene ring substituents is 1. The van der Waals surface area contributed by atoms with Crippen molar-refractivity contribution < 1.29 is 18.8 Å². The predicted molar refractivity (Wildman–Crippen MR) is 99.3 cm³/mol. The molecular formula is C17H19FN6O4. The topological polar surface area (TPSA) is 134 Å². The van der Waals surface area contributed by atoms with E-state index in [9.17, 15) is 19.3 Å². The van der Waals surface area contributed by atoms with Gasteiger partial charge >= 0.3 is 0 Å². The lowest BCUT2D eigenvalue weighted by Crippen LogP contribution is -2.32. The number of nitrogens with zero attached hydrogens (tertiary/aromatic N) is 4. The Hall–Kier alpha value is -3.47. The van der Waals surface area contributed by atoms with E-state index in [4.69, 9.17) is 10.1 Å². The zero-order valence-corrected chi connectivity index (χ0v) is 15.5. The van der Waals surface area contributed by atoms with Crippen LogP contribution in [0.25, 0.3) is 0 Å². The van der Waals surface area contributed by atoms with Gasteiger partial charge in [-0.3, -0.25) is 20.3 Å². The van der Waals surface area contributed by atoms with Gasteiger partial charge in [0.1, 0.15) is 12.1 Å². The summed E-state index contributed by atoms with van der Waals surface area (Å²) in [5.41, 5.74) is -0.533. The highest BCUT2D eigenvalue weighted by Gasteiger charge is 2.17. The summed E-state index contributed by atoms with van der Waals surface area (Å²) in [6.45, 7) is 1.89. The Morgan fingerprint density at radius 1 is 1.39 bits per heavy atom. The van der Waals surface area contributed by atoms with Crippen LogP contribution < -0.4 is 10.1 Å². The van der Waals surface area contributed by atoms with Gasteiger partial charge in [0.05, 0.1) is 16.7 Å². The summed E-state index contributed by atoms with van der Waals surface area (Å²) in [7, 11) is 3.70. The van der Waals surface area contributed by atoms with E-state index in [2.05, 4.69) is 15.3 Å². The number of halogens is 1. The molecule has 148 valence electrons. The van der Waals surface area contributed by atoms with Gasteiger partial charge in [0.25, 0.3) is 11.6 Å². The minimum absolute atomic E-state index is 0.00709. The van der Waals surface area contributed by atoms with Crippen LogP contribution in [0.15, 0.2) is 30.6 Å². The van der Waals surface area contributed by atoms with Crippen LogP contribution in [0.3, 0.4) is 0 Å². The van der Waals surface area contributed by atoms with E-state index in [-0.39, 0.29) is 35.6 Å². The largest absolute Gasteiger partial charge is 0.436 e. The number of carbonyl (C=O) groups excluding carboxylic acids is 1. The van der Waals surface area contributed by atoms with Crippen molar-refractivity contribution >= 4 is 23.1 Å². The van der Waals surface area contributed by atoms with Crippen LogP contribution in [-0.2, 0) is 4.79 Å². The average Bonchev–Trinajstić information content (AvgIpc) is 2.63. The summed E-state index contributed by atoms with van der Waals surface area (Å²) in [5, 5.41) is 21.0. The molecule has 1 heterocycles. The molecule has 1 aromatic heterocycles. The molecule has 1 amide bonds. The summed E-state index contributed by atoms with van der Waals surface area (Å²) >= 11 is 0. The van der Waals surface area contributed by atoms with Gasteiger partial charge in [-0.05, 0) is 27.1 Å². The maximum Gasteiger partial charge on any atom is 0.272 e. The van der Waals surface area contributed by atoms with Crippen molar-refractivity contribution in [3.8, 4) is 11.6 Å². The molecule has 2 N–H and O–H groups in total. The molecule has 0 bridgehead atoms. The number of rotatable bonds is 8. The zero-order valence-electron chi connectivity index (χ0n) is 15.5. The summed E-state index contributed by atoms with van der Waals surface area (Å²) in [5.74, 6) is -1.84. The molecule has 0 aliphatic heterocycles. The number of ether oxygens (including phenoxy) is 1. The molecule has 0 spiro atoms. The molecule has 0 aliphatic carbocycles. The van der Waals surface area contributed by atoms with E-state index in [1.54, 1.807) is 0 Å². The molecule has 2 aromatic rings. The highest BCUT2D eigenvalue weighted by molar-refractivity contribution is 6.41. The standard InChI is InChI=1S/C17H19FN6O4/c1-10(23(2)3)6-13(19)17(25)22-15-8-16(21-9-20-15)28-14-5-4-11(24(26)27)7-12(14)18/h4-5,7-10,19H,6H2,1-3H3,(H,20,21,22,25)/t10-/m1/s1. The summed E-state index contributed by atoms with van der Waals surface area (Å²) < 4.78 is 19.2. The number of nitrogens with one attached hydrogen (secondary N) is 2. The van der Waals surface area contributed by atoms with E-state index in [0.717, 1.165) is 24.5 Å². The van der Waals surface area contributed by atoms with Crippen LogP contribution in [0.5, 0.6) is 11.6 Å². The maximum absolute atomic E-state index is 13.9. The minimum atomic E-state index is -0.933. The number of amides is 1. The molecule has 0 radical (unpaired) electrons. The summed E-state index contributed by atoms with van der Waals surface area (Å²) in [6.07, 6.45) is 1.35. The van der Waals surface area contributed by atoms with Crippen molar-refractivity contribution in [1.29, 1.82) is 5.41 Å². The highest BCUT2D eigenvalue weighted by Crippen LogP contribution is 2.27. The molecule has 11 heteroatoms. The first-order valence-corrected chi connectivity index (χ1v) is 8.16. The number of nitro benzene ring substituents is 1. The van der Waals surface area contributed by atoms with E-state index >= 15 is 0 Å². The molecular weight excluding hydrogens is 371 g/mol. The number of anilines is 1. The van der Waals surface area contributed by atoms with Crippen LogP contribution in [0.4, 0.5) is 15.9 Å². The second-order valence-electron chi connectivity index (χ2n) is 6.16. The highest BCUT2D eigenvalue weighted by atomic mass is 19.1. The number of aromatic nitrogens is 2. The Labute approximate surface area is 160 Å². The maximum atomic E-state index is 13.9. The molecule has 1 atom stereocenters. The van der Waals surface area contributed by atoms with Crippen LogP contribution in [0, 0.1) is 21.3 Å². The summed E-state index contributed by atoms with van der Waals surface area (Å²) in [6, 6.07) is 4.18. The third-order valence-electron chi connectivity index (χ3n) is 3.88. The fourth-order valence-electron chi connectivity index (χ4n) is 2.02. The molecule has 0 aliphatic rings. The minimum Gasteiger partial charge on any atom is -0.436 e. The van der Waals surface area contributed by atoms with Crippen LogP contribution >= 0.6 is 0 Å². The molecule has 10 nitrogen and oxygen atoms in total. The van der Waals surface area contributed by atoms with Crippen LogP contribution in [-0.4, -0.2) is 51.5 Å². The summed E-state index contributed by atoms with van der Waals surface area (Å²) in [4.78, 5) is 31.6. The smallest absolute Gasteiger partial charge is 0.272 e. The van der Waals surface area contributed by atoms with Crippen molar-refractivity contribution in [2.75, 3.05) is 19.4 Å². The molecule has 2 rings (SSSR count). The van der Waals surface area contributed by atoms with Gasteiger partial charge in [-0.1, -0.05) is 0 Å². The first kappa shape index (κ1) is 20.8. The molecule has 0 saturated carbocycles. The first-order valence-electron chi connectivity index (χ1n) is 8.16. The van der Waals surface area contributed by atoms with Crippen molar-refractivity contribution in [3.05, 3.63) is 46.5 Å². The molecule has 0 saturated heterocycles. The normalized spacial score (nSPS) is 11.8. The quantitative estimate of drug-likeness (QED) is 0.402. The van der Waals surface area contributed by atoms with E-state index < -0.39 is 22.3 Å².